The molecule has 3 aromatic rings. The van der Waals surface area contributed by atoms with Crippen LogP contribution in [0.2, 0.25) is 0 Å². The maximum absolute atomic E-state index is 13.0. The van der Waals surface area contributed by atoms with Gasteiger partial charge in [-0.25, -0.2) is 8.42 Å². The highest BCUT2D eigenvalue weighted by molar-refractivity contribution is 7.98. The van der Waals surface area contributed by atoms with Gasteiger partial charge in [0, 0.05) is 43.4 Å². The Morgan fingerprint density at radius 3 is 2.12 bits per heavy atom. The van der Waals surface area contributed by atoms with Crippen molar-refractivity contribution in [2.75, 3.05) is 32.7 Å². The van der Waals surface area contributed by atoms with Crippen molar-refractivity contribution in [2.45, 2.75) is 42.7 Å². The zero-order chi connectivity index (χ0) is 24.1. The third kappa shape index (κ3) is 6.30. The molecular formula is C28H34N2O2S2. The van der Waals surface area contributed by atoms with E-state index in [-0.39, 0.29) is 0 Å². The summed E-state index contributed by atoms with van der Waals surface area (Å²) in [7, 11) is -3.41. The molecule has 0 unspecified atom stereocenters. The van der Waals surface area contributed by atoms with Gasteiger partial charge in [0.1, 0.15) is 0 Å². The molecule has 0 bridgehead atoms. The van der Waals surface area contributed by atoms with Crippen molar-refractivity contribution in [3.8, 4) is 0 Å². The Hall–Kier alpha value is -2.12. The van der Waals surface area contributed by atoms with Gasteiger partial charge in [0.05, 0.1) is 4.90 Å². The molecule has 1 aliphatic heterocycles. The number of hydrogen-bond donors (Lipinski definition) is 0. The lowest BCUT2D eigenvalue weighted by Crippen LogP contribution is -2.49. The second-order valence-electron chi connectivity index (χ2n) is 9.20. The van der Waals surface area contributed by atoms with E-state index in [2.05, 4.69) is 61.2 Å². The smallest absolute Gasteiger partial charge is 0.243 e. The monoisotopic (exact) mass is 494 g/mol. The summed E-state index contributed by atoms with van der Waals surface area (Å²) in [6, 6.07) is 22.6. The molecule has 0 aromatic heterocycles. The lowest BCUT2D eigenvalue weighted by molar-refractivity contribution is 0.190. The van der Waals surface area contributed by atoms with Gasteiger partial charge in [-0.05, 0) is 56.5 Å². The molecular weight excluding hydrogens is 460 g/mol. The predicted molar refractivity (Wildman–Crippen MR) is 142 cm³/mol. The standard InChI is InChI=1S/C28H34N2O2S2/c1-22-8-10-27(11-9-22)34(31,32)30-16-14-29(15-17-30)13-12-26-6-4-5-7-28(26)33-21-25-19-23(2)18-24(3)20-25/h4-11,18-20H,12-17,21H2,1-3H3. The van der Waals surface area contributed by atoms with Crippen molar-refractivity contribution in [2.24, 2.45) is 0 Å². The summed E-state index contributed by atoms with van der Waals surface area (Å²) in [6.45, 7) is 9.83. The van der Waals surface area contributed by atoms with Crippen molar-refractivity contribution in [3.63, 3.8) is 0 Å². The Balaban J connectivity index is 1.31. The summed E-state index contributed by atoms with van der Waals surface area (Å²) in [5.74, 6) is 0.967. The van der Waals surface area contributed by atoms with Crippen LogP contribution in [0.4, 0.5) is 0 Å². The molecule has 6 heteroatoms. The van der Waals surface area contributed by atoms with Crippen LogP contribution in [-0.2, 0) is 22.2 Å². The molecule has 4 rings (SSSR count). The highest BCUT2D eigenvalue weighted by atomic mass is 32.2. The maximum Gasteiger partial charge on any atom is 0.243 e. The van der Waals surface area contributed by atoms with Gasteiger partial charge in [0.2, 0.25) is 10.0 Å². The molecule has 3 aromatic carbocycles. The molecule has 180 valence electrons. The van der Waals surface area contributed by atoms with Crippen molar-refractivity contribution in [3.05, 3.63) is 94.5 Å². The zero-order valence-corrected chi connectivity index (χ0v) is 22.0. The van der Waals surface area contributed by atoms with Crippen molar-refractivity contribution >= 4 is 21.8 Å². The number of rotatable bonds is 8. The molecule has 4 nitrogen and oxygen atoms in total. The van der Waals surface area contributed by atoms with Crippen LogP contribution in [0.5, 0.6) is 0 Å². The number of piperazine rings is 1. The molecule has 0 aliphatic carbocycles. The molecule has 0 saturated carbocycles. The summed E-state index contributed by atoms with van der Waals surface area (Å²) in [4.78, 5) is 4.11. The van der Waals surface area contributed by atoms with Gasteiger partial charge in [-0.2, -0.15) is 4.31 Å². The maximum atomic E-state index is 13.0. The topological polar surface area (TPSA) is 40.6 Å². The van der Waals surface area contributed by atoms with E-state index in [0.717, 1.165) is 37.4 Å². The predicted octanol–water partition coefficient (Wildman–Crippen LogP) is 5.45. The molecule has 34 heavy (non-hydrogen) atoms. The van der Waals surface area contributed by atoms with E-state index in [1.807, 2.05) is 30.8 Å². The van der Waals surface area contributed by atoms with Crippen LogP contribution < -0.4 is 0 Å². The van der Waals surface area contributed by atoms with Crippen LogP contribution in [0.25, 0.3) is 0 Å². The normalized spacial score (nSPS) is 15.5. The van der Waals surface area contributed by atoms with E-state index in [9.17, 15) is 8.42 Å². The number of aryl methyl sites for hydroxylation is 3. The molecule has 1 saturated heterocycles. The average Bonchev–Trinajstić information content (AvgIpc) is 2.82. The summed E-state index contributed by atoms with van der Waals surface area (Å²) in [6.07, 6.45) is 0.973. The van der Waals surface area contributed by atoms with Crippen LogP contribution >= 0.6 is 11.8 Å². The van der Waals surface area contributed by atoms with Crippen LogP contribution in [0, 0.1) is 20.8 Å². The zero-order valence-electron chi connectivity index (χ0n) is 20.3. The number of thioether (sulfide) groups is 1. The molecule has 1 aliphatic rings. The average molecular weight is 495 g/mol. The van der Waals surface area contributed by atoms with E-state index in [1.165, 1.54) is 27.1 Å². The van der Waals surface area contributed by atoms with Crippen LogP contribution in [0.1, 0.15) is 27.8 Å². The van der Waals surface area contributed by atoms with Gasteiger partial charge in [-0.1, -0.05) is 65.2 Å². The molecule has 0 spiro atoms. The fourth-order valence-corrected chi connectivity index (χ4v) is 6.94. The van der Waals surface area contributed by atoms with Crippen molar-refractivity contribution in [1.82, 2.24) is 9.21 Å². The summed E-state index contributed by atoms with van der Waals surface area (Å²) in [5, 5.41) is 0. The molecule has 1 heterocycles. The van der Waals surface area contributed by atoms with Crippen LogP contribution in [-0.4, -0.2) is 50.3 Å². The van der Waals surface area contributed by atoms with E-state index in [1.54, 1.807) is 16.4 Å². The first-order valence-electron chi connectivity index (χ1n) is 11.9. The summed E-state index contributed by atoms with van der Waals surface area (Å²) < 4.78 is 27.6. The first-order valence-corrected chi connectivity index (χ1v) is 14.3. The number of benzene rings is 3. The lowest BCUT2D eigenvalue weighted by atomic mass is 10.1. The molecule has 1 fully saturated rings. The molecule has 0 atom stereocenters. The highest BCUT2D eigenvalue weighted by Gasteiger charge is 2.28. The minimum atomic E-state index is -3.41. The van der Waals surface area contributed by atoms with E-state index in [0.29, 0.717) is 18.0 Å². The van der Waals surface area contributed by atoms with Gasteiger partial charge in [0.25, 0.3) is 0 Å². The van der Waals surface area contributed by atoms with Crippen LogP contribution in [0.15, 0.2) is 76.5 Å². The fraction of sp³-hybridized carbons (Fsp3) is 0.357. The largest absolute Gasteiger partial charge is 0.300 e. The van der Waals surface area contributed by atoms with Gasteiger partial charge >= 0.3 is 0 Å². The van der Waals surface area contributed by atoms with E-state index < -0.39 is 10.0 Å². The van der Waals surface area contributed by atoms with Crippen molar-refractivity contribution in [1.29, 1.82) is 0 Å². The quantitative estimate of drug-likeness (QED) is 0.390. The fourth-order valence-electron chi connectivity index (χ4n) is 4.50. The Bertz CT molecular complexity index is 1200. The summed E-state index contributed by atoms with van der Waals surface area (Å²) >= 11 is 1.90. The molecule has 0 amide bonds. The first-order chi connectivity index (χ1) is 16.3. The number of hydrogen-bond acceptors (Lipinski definition) is 4. The third-order valence-corrected chi connectivity index (χ3v) is 9.44. The third-order valence-electron chi connectivity index (χ3n) is 6.34. The van der Waals surface area contributed by atoms with Crippen LogP contribution in [0.3, 0.4) is 0 Å². The Morgan fingerprint density at radius 1 is 0.794 bits per heavy atom. The Labute approximate surface area is 209 Å². The van der Waals surface area contributed by atoms with E-state index >= 15 is 0 Å². The van der Waals surface area contributed by atoms with Gasteiger partial charge in [0.15, 0.2) is 0 Å². The number of nitrogens with zero attached hydrogens (tertiary/aromatic N) is 2. The van der Waals surface area contributed by atoms with Gasteiger partial charge in [-0.3, -0.25) is 0 Å². The minimum absolute atomic E-state index is 0.390. The van der Waals surface area contributed by atoms with E-state index in [4.69, 9.17) is 0 Å². The Morgan fingerprint density at radius 2 is 1.44 bits per heavy atom. The molecule has 0 radical (unpaired) electrons. The number of sulfonamides is 1. The summed E-state index contributed by atoms with van der Waals surface area (Å²) in [5.41, 5.74) is 6.42. The first kappa shape index (κ1) is 25.0. The van der Waals surface area contributed by atoms with Crippen molar-refractivity contribution < 1.29 is 8.42 Å². The second kappa shape index (κ2) is 11.1. The second-order valence-corrected chi connectivity index (χ2v) is 12.2. The minimum Gasteiger partial charge on any atom is -0.300 e. The van der Waals surface area contributed by atoms with Gasteiger partial charge < -0.3 is 4.90 Å². The Kier molecular flexibility index (Phi) is 8.14. The lowest BCUT2D eigenvalue weighted by Gasteiger charge is -2.34. The highest BCUT2D eigenvalue weighted by Crippen LogP contribution is 2.28. The van der Waals surface area contributed by atoms with Gasteiger partial charge in [-0.15, -0.1) is 11.8 Å². The molecule has 0 N–H and O–H groups in total. The SMILES string of the molecule is Cc1ccc(S(=O)(=O)N2CCN(CCc3ccccc3SCc3cc(C)cc(C)c3)CC2)cc1.